The number of aromatic nitrogens is 5. The summed E-state index contributed by atoms with van der Waals surface area (Å²) < 4.78 is 19.9. The van der Waals surface area contributed by atoms with Crippen LogP contribution in [-0.2, 0) is 0 Å². The molecule has 1 atom stereocenters. The van der Waals surface area contributed by atoms with Gasteiger partial charge in [-0.05, 0) is 37.0 Å². The largest absolute Gasteiger partial charge is 0.403 e. The van der Waals surface area contributed by atoms with Gasteiger partial charge < -0.3 is 14.7 Å². The zero-order valence-corrected chi connectivity index (χ0v) is 13.7. The molecule has 2 N–H and O–H groups in total. The fourth-order valence-electron chi connectivity index (χ4n) is 3.17. The van der Waals surface area contributed by atoms with Crippen LogP contribution in [0.25, 0.3) is 22.5 Å². The smallest absolute Gasteiger partial charge is 0.316 e. The van der Waals surface area contributed by atoms with Crippen LogP contribution >= 0.6 is 0 Å². The second-order valence-corrected chi connectivity index (χ2v) is 6.36. The Hall–Kier alpha value is -3.29. The number of rotatable bonds is 5. The van der Waals surface area contributed by atoms with E-state index in [0.29, 0.717) is 17.4 Å². The maximum absolute atomic E-state index is 14.1. The molecule has 1 aliphatic rings. The summed E-state index contributed by atoms with van der Waals surface area (Å²) in [5, 5.41) is 12.3. The second kappa shape index (κ2) is 5.91. The summed E-state index contributed by atoms with van der Waals surface area (Å²) in [5.41, 5.74) is 2.05. The van der Waals surface area contributed by atoms with Crippen LogP contribution in [0.5, 0.6) is 0 Å². The molecule has 0 aliphatic heterocycles. The van der Waals surface area contributed by atoms with Crippen molar-refractivity contribution < 1.29 is 8.81 Å². The first-order valence-electron chi connectivity index (χ1n) is 8.42. The molecule has 4 heterocycles. The van der Waals surface area contributed by atoms with E-state index in [2.05, 4.69) is 30.5 Å². The molecular weight excluding hydrogens is 335 g/mol. The molecular formula is C18H15FN6O. The highest BCUT2D eigenvalue weighted by Gasteiger charge is 2.35. The first-order chi connectivity index (χ1) is 12.8. The van der Waals surface area contributed by atoms with Crippen molar-refractivity contribution in [2.75, 3.05) is 5.32 Å². The van der Waals surface area contributed by atoms with E-state index in [4.69, 9.17) is 4.42 Å². The number of anilines is 1. The fraction of sp³-hybridized carbons (Fsp3) is 0.222. The van der Waals surface area contributed by atoms with Crippen molar-refractivity contribution in [3.05, 3.63) is 54.4 Å². The number of nitrogens with one attached hydrogen (secondary N) is 2. The Balaban J connectivity index is 1.45. The summed E-state index contributed by atoms with van der Waals surface area (Å²) in [7, 11) is 0. The van der Waals surface area contributed by atoms with Crippen molar-refractivity contribution in [3.8, 4) is 11.5 Å². The van der Waals surface area contributed by atoms with Gasteiger partial charge in [0.2, 0.25) is 5.95 Å². The zero-order valence-electron chi connectivity index (χ0n) is 13.7. The first kappa shape index (κ1) is 15.0. The highest BCUT2D eigenvalue weighted by atomic mass is 19.1. The summed E-state index contributed by atoms with van der Waals surface area (Å²) in [6.07, 6.45) is 7.00. The quantitative estimate of drug-likeness (QED) is 0.533. The monoisotopic (exact) mass is 350 g/mol. The third-order valence-electron chi connectivity index (χ3n) is 4.60. The highest BCUT2D eigenvalue weighted by molar-refractivity contribution is 5.90. The summed E-state index contributed by atoms with van der Waals surface area (Å²) in [6.45, 7) is 0. The Morgan fingerprint density at radius 1 is 1.15 bits per heavy atom. The van der Waals surface area contributed by atoms with Crippen LogP contribution in [0.3, 0.4) is 0 Å². The van der Waals surface area contributed by atoms with E-state index in [0.717, 1.165) is 29.4 Å². The molecule has 0 spiro atoms. The van der Waals surface area contributed by atoms with Gasteiger partial charge in [-0.15, -0.1) is 5.10 Å². The summed E-state index contributed by atoms with van der Waals surface area (Å²) in [6, 6.07) is 7.28. The van der Waals surface area contributed by atoms with Crippen LogP contribution in [0.4, 0.5) is 10.4 Å². The molecule has 130 valence electrons. The highest BCUT2D eigenvalue weighted by Crippen LogP contribution is 2.43. The predicted octanol–water partition coefficient (Wildman–Crippen LogP) is 3.71. The molecule has 0 saturated heterocycles. The molecule has 1 aliphatic carbocycles. The van der Waals surface area contributed by atoms with Crippen LogP contribution in [0, 0.1) is 11.9 Å². The molecule has 0 amide bonds. The van der Waals surface area contributed by atoms with E-state index in [9.17, 15) is 4.39 Å². The Morgan fingerprint density at radius 3 is 2.85 bits per heavy atom. The van der Waals surface area contributed by atoms with E-state index < -0.39 is 5.95 Å². The van der Waals surface area contributed by atoms with E-state index in [-0.39, 0.29) is 12.1 Å². The second-order valence-electron chi connectivity index (χ2n) is 6.36. The van der Waals surface area contributed by atoms with Crippen LogP contribution in [0.1, 0.15) is 24.4 Å². The Kier molecular flexibility index (Phi) is 3.41. The molecule has 7 nitrogen and oxygen atoms in total. The maximum atomic E-state index is 14.1. The van der Waals surface area contributed by atoms with Crippen molar-refractivity contribution in [3.63, 3.8) is 0 Å². The van der Waals surface area contributed by atoms with Crippen molar-refractivity contribution in [1.82, 2.24) is 25.1 Å². The Morgan fingerprint density at radius 2 is 2.00 bits per heavy atom. The number of halogens is 1. The van der Waals surface area contributed by atoms with Gasteiger partial charge in [0.15, 0.2) is 0 Å². The topological polar surface area (TPSA) is 92.5 Å². The number of nitrogens with zero attached hydrogens (tertiary/aromatic N) is 4. The standard InChI is InChI=1S/C18H15FN6O/c19-15-12(4-2-7-20-15)14(10-5-6-10)23-18-25-24-17(26-18)13-9-22-16-11(13)3-1-8-21-16/h1-4,7-10,14H,5-6H2,(H,21,22)(H,23,25). The molecule has 1 fully saturated rings. The molecule has 0 bridgehead atoms. The van der Waals surface area contributed by atoms with Gasteiger partial charge >= 0.3 is 6.01 Å². The first-order valence-corrected chi connectivity index (χ1v) is 8.42. The maximum Gasteiger partial charge on any atom is 0.316 e. The minimum absolute atomic E-state index is 0.235. The van der Waals surface area contributed by atoms with Gasteiger partial charge in [-0.1, -0.05) is 11.2 Å². The lowest BCUT2D eigenvalue weighted by molar-refractivity contribution is 0.519. The van der Waals surface area contributed by atoms with Gasteiger partial charge in [0.1, 0.15) is 5.65 Å². The lowest BCUT2D eigenvalue weighted by Crippen LogP contribution is -2.15. The number of pyridine rings is 2. The van der Waals surface area contributed by atoms with Gasteiger partial charge in [0, 0.05) is 29.5 Å². The van der Waals surface area contributed by atoms with E-state index in [1.165, 1.54) is 6.20 Å². The van der Waals surface area contributed by atoms with Crippen molar-refractivity contribution in [2.45, 2.75) is 18.9 Å². The molecule has 5 rings (SSSR count). The number of aromatic amines is 1. The average Bonchev–Trinajstić information content (AvgIpc) is 3.25. The molecule has 4 aromatic heterocycles. The van der Waals surface area contributed by atoms with E-state index in [1.54, 1.807) is 24.5 Å². The van der Waals surface area contributed by atoms with Crippen LogP contribution in [0.15, 0.2) is 47.3 Å². The van der Waals surface area contributed by atoms with Gasteiger partial charge in [-0.2, -0.15) is 4.39 Å². The third kappa shape index (κ3) is 2.59. The summed E-state index contributed by atoms with van der Waals surface area (Å²) in [5.74, 6) is 0.244. The molecule has 8 heteroatoms. The van der Waals surface area contributed by atoms with Crippen molar-refractivity contribution >= 4 is 17.0 Å². The van der Waals surface area contributed by atoms with Gasteiger partial charge in [0.25, 0.3) is 5.89 Å². The predicted molar refractivity (Wildman–Crippen MR) is 92.7 cm³/mol. The number of hydrogen-bond donors (Lipinski definition) is 2. The van der Waals surface area contributed by atoms with Crippen molar-refractivity contribution in [2.24, 2.45) is 5.92 Å². The van der Waals surface area contributed by atoms with E-state index >= 15 is 0 Å². The molecule has 0 aromatic carbocycles. The van der Waals surface area contributed by atoms with Crippen LogP contribution in [0.2, 0.25) is 0 Å². The molecule has 1 unspecified atom stereocenters. The summed E-state index contributed by atoms with van der Waals surface area (Å²) in [4.78, 5) is 11.1. The fourth-order valence-corrected chi connectivity index (χ4v) is 3.17. The Bertz CT molecular complexity index is 1070. The molecule has 1 saturated carbocycles. The molecule has 4 aromatic rings. The van der Waals surface area contributed by atoms with Gasteiger partial charge in [-0.25, -0.2) is 9.97 Å². The normalized spacial score (nSPS) is 15.3. The average molecular weight is 350 g/mol. The Labute approximate surface area is 147 Å². The number of fused-ring (bicyclic) bond motifs is 1. The summed E-state index contributed by atoms with van der Waals surface area (Å²) >= 11 is 0. The SMILES string of the molecule is Fc1ncccc1C(Nc1nnc(-c2c[nH]c3ncccc23)o1)C1CC1. The van der Waals surface area contributed by atoms with Crippen LogP contribution in [-0.4, -0.2) is 25.1 Å². The minimum Gasteiger partial charge on any atom is -0.403 e. The van der Waals surface area contributed by atoms with E-state index in [1.807, 2.05) is 12.1 Å². The van der Waals surface area contributed by atoms with Crippen LogP contribution < -0.4 is 5.32 Å². The third-order valence-corrected chi connectivity index (χ3v) is 4.60. The number of H-pyrrole nitrogens is 1. The zero-order chi connectivity index (χ0) is 17.5. The number of hydrogen-bond acceptors (Lipinski definition) is 6. The minimum atomic E-state index is -0.473. The molecule has 0 radical (unpaired) electrons. The van der Waals surface area contributed by atoms with Crippen molar-refractivity contribution in [1.29, 1.82) is 0 Å². The van der Waals surface area contributed by atoms with Gasteiger partial charge in [-0.3, -0.25) is 0 Å². The van der Waals surface area contributed by atoms with Gasteiger partial charge in [0.05, 0.1) is 11.6 Å². The lowest BCUT2D eigenvalue weighted by Gasteiger charge is -2.17. The lowest BCUT2D eigenvalue weighted by atomic mass is 10.0. The molecule has 26 heavy (non-hydrogen) atoms.